The van der Waals surface area contributed by atoms with E-state index in [-0.39, 0.29) is 51.4 Å². The van der Waals surface area contributed by atoms with Gasteiger partial charge in [0.05, 0.1) is 0 Å². The third-order valence-electron chi connectivity index (χ3n) is 0.490. The van der Waals surface area contributed by atoms with Crippen LogP contribution in [0.15, 0.2) is 24.6 Å². The maximum atomic E-state index is 4.55. The molecule has 0 saturated heterocycles. The number of nitrogens with one attached hydrogen (secondary N) is 1. The molecule has 0 aromatic carbocycles. The Hall–Kier alpha value is 0.716. The Morgan fingerprint density at radius 1 is 1.29 bits per heavy atom. The minimum atomic E-state index is 0. The van der Waals surface area contributed by atoms with Crippen LogP contribution in [0.5, 0.6) is 0 Å². The van der Waals surface area contributed by atoms with Crippen LogP contribution in [0.25, 0.3) is 0 Å². The standard InChI is InChI=1S/C4H5NO.K.H/c1-2-4-6-5-3-1;;/h1-5H;;. The predicted octanol–water partition coefficient (Wildman–Crippen LogP) is -0.0999. The summed E-state index contributed by atoms with van der Waals surface area (Å²) >= 11 is 0. The second-order valence-corrected chi connectivity index (χ2v) is 0.923. The first-order valence-electron chi connectivity index (χ1n) is 1.73. The molecular weight excluding hydrogens is 117 g/mol. The van der Waals surface area contributed by atoms with Crippen LogP contribution in [-0.2, 0) is 4.84 Å². The molecule has 0 unspecified atom stereocenters. The second-order valence-electron chi connectivity index (χ2n) is 0.923. The fraction of sp³-hybridized carbons (Fsp3) is 0. The van der Waals surface area contributed by atoms with Gasteiger partial charge in [-0.2, -0.15) is 0 Å². The molecule has 0 fully saturated rings. The van der Waals surface area contributed by atoms with Gasteiger partial charge in [0.1, 0.15) is 6.26 Å². The quantitative estimate of drug-likeness (QED) is 0.454. The number of rotatable bonds is 0. The zero-order valence-electron chi connectivity index (χ0n) is 3.22. The van der Waals surface area contributed by atoms with Crippen molar-refractivity contribution in [3.8, 4) is 0 Å². The molecule has 0 spiro atoms. The summed E-state index contributed by atoms with van der Waals surface area (Å²) in [5.41, 5.74) is 2.52. The van der Waals surface area contributed by atoms with Crippen molar-refractivity contribution in [2.45, 2.75) is 0 Å². The van der Waals surface area contributed by atoms with Crippen LogP contribution in [0.4, 0.5) is 0 Å². The summed E-state index contributed by atoms with van der Waals surface area (Å²) in [5, 5.41) is 0. The van der Waals surface area contributed by atoms with Crippen molar-refractivity contribution in [2.24, 2.45) is 0 Å². The second kappa shape index (κ2) is 4.87. The van der Waals surface area contributed by atoms with E-state index in [0.717, 1.165) is 0 Å². The third kappa shape index (κ3) is 3.31. The van der Waals surface area contributed by atoms with Crippen LogP contribution in [0.1, 0.15) is 0 Å². The van der Waals surface area contributed by atoms with Gasteiger partial charge in [0.15, 0.2) is 0 Å². The van der Waals surface area contributed by atoms with Crippen LogP contribution in [0, 0.1) is 0 Å². The van der Waals surface area contributed by atoms with Crippen LogP contribution in [0.2, 0.25) is 0 Å². The van der Waals surface area contributed by atoms with E-state index in [1.807, 2.05) is 6.08 Å². The Bertz CT molecular complexity index is 77.7. The molecular formula is C4H6KNO. The molecule has 0 aromatic rings. The van der Waals surface area contributed by atoms with Crippen molar-refractivity contribution in [3.63, 3.8) is 0 Å². The Kier molecular flexibility index (Phi) is 5.36. The number of allylic oxidation sites excluding steroid dienone is 2. The van der Waals surface area contributed by atoms with Crippen molar-refractivity contribution in [1.29, 1.82) is 0 Å². The molecule has 3 heteroatoms. The van der Waals surface area contributed by atoms with Gasteiger partial charge < -0.3 is 4.84 Å². The van der Waals surface area contributed by atoms with E-state index in [1.165, 1.54) is 0 Å². The molecule has 0 aromatic heterocycles. The van der Waals surface area contributed by atoms with Gasteiger partial charge in [0.2, 0.25) is 0 Å². The van der Waals surface area contributed by atoms with E-state index < -0.39 is 0 Å². The van der Waals surface area contributed by atoms with E-state index in [2.05, 4.69) is 10.3 Å². The van der Waals surface area contributed by atoms with E-state index in [4.69, 9.17) is 0 Å². The number of hydrogen-bond acceptors (Lipinski definition) is 2. The molecule has 1 aliphatic heterocycles. The summed E-state index contributed by atoms with van der Waals surface area (Å²) < 4.78 is 0. The molecule has 1 heterocycles. The van der Waals surface area contributed by atoms with Gasteiger partial charge in [-0.05, 0) is 12.2 Å². The number of hydroxylamine groups is 1. The topological polar surface area (TPSA) is 21.3 Å². The van der Waals surface area contributed by atoms with Crippen LogP contribution < -0.4 is 5.48 Å². The predicted molar refractivity (Wildman–Crippen MR) is 29.6 cm³/mol. The normalized spacial score (nSPS) is 13.7. The Morgan fingerprint density at radius 2 is 2.14 bits per heavy atom. The van der Waals surface area contributed by atoms with Crippen LogP contribution >= 0.6 is 0 Å². The van der Waals surface area contributed by atoms with Crippen molar-refractivity contribution in [3.05, 3.63) is 24.6 Å². The van der Waals surface area contributed by atoms with Crippen LogP contribution in [-0.4, -0.2) is 51.4 Å². The van der Waals surface area contributed by atoms with Gasteiger partial charge in [-0.25, -0.2) is 5.48 Å². The first kappa shape index (κ1) is 7.72. The maximum absolute atomic E-state index is 4.55. The summed E-state index contributed by atoms with van der Waals surface area (Å²) in [6.07, 6.45) is 6.93. The van der Waals surface area contributed by atoms with Gasteiger partial charge in [0, 0.05) is 6.20 Å². The summed E-state index contributed by atoms with van der Waals surface area (Å²) in [5.74, 6) is 0. The summed E-state index contributed by atoms with van der Waals surface area (Å²) in [6.45, 7) is 0. The SMILES string of the molecule is C1=CNOC=C1.[KH]. The Labute approximate surface area is 85.0 Å². The van der Waals surface area contributed by atoms with Gasteiger partial charge in [0.25, 0.3) is 0 Å². The molecule has 0 atom stereocenters. The molecule has 0 bridgehead atoms. The molecule has 7 heavy (non-hydrogen) atoms. The summed E-state index contributed by atoms with van der Waals surface area (Å²) in [6, 6.07) is 0. The summed E-state index contributed by atoms with van der Waals surface area (Å²) in [4.78, 5) is 4.55. The average Bonchev–Trinajstić information content (AvgIpc) is 1.72. The molecule has 0 saturated carbocycles. The monoisotopic (exact) mass is 123 g/mol. The zero-order valence-corrected chi connectivity index (χ0v) is 3.22. The van der Waals surface area contributed by atoms with Crippen molar-refractivity contribution >= 4 is 51.4 Å². The fourth-order valence-electron chi connectivity index (χ4n) is 0.258. The van der Waals surface area contributed by atoms with Gasteiger partial charge in [-0.3, -0.25) is 0 Å². The zero-order chi connectivity index (χ0) is 4.24. The third-order valence-corrected chi connectivity index (χ3v) is 0.490. The molecule has 0 radical (unpaired) electrons. The molecule has 0 amide bonds. The van der Waals surface area contributed by atoms with Crippen molar-refractivity contribution in [1.82, 2.24) is 5.48 Å². The van der Waals surface area contributed by atoms with E-state index in [1.54, 1.807) is 18.5 Å². The van der Waals surface area contributed by atoms with Gasteiger partial charge in [-0.15, -0.1) is 0 Å². The molecule has 1 aliphatic rings. The Balaban J connectivity index is 0.000000360. The van der Waals surface area contributed by atoms with Crippen molar-refractivity contribution < 1.29 is 4.84 Å². The van der Waals surface area contributed by atoms with E-state index in [0.29, 0.717) is 0 Å². The first-order chi connectivity index (χ1) is 3.00. The minimum absolute atomic E-state index is 0. The molecule has 1 N–H and O–H groups in total. The van der Waals surface area contributed by atoms with Crippen molar-refractivity contribution in [2.75, 3.05) is 0 Å². The average molecular weight is 123 g/mol. The first-order valence-corrected chi connectivity index (χ1v) is 1.73. The number of hydrogen-bond donors (Lipinski definition) is 1. The molecule has 1 rings (SSSR count). The Morgan fingerprint density at radius 3 is 2.29 bits per heavy atom. The summed E-state index contributed by atoms with van der Waals surface area (Å²) in [7, 11) is 0. The van der Waals surface area contributed by atoms with E-state index >= 15 is 0 Å². The fourth-order valence-corrected chi connectivity index (χ4v) is 0.258. The molecule has 34 valence electrons. The van der Waals surface area contributed by atoms with Crippen LogP contribution in [0.3, 0.4) is 0 Å². The molecule has 0 aliphatic carbocycles. The van der Waals surface area contributed by atoms with Gasteiger partial charge >= 0.3 is 51.4 Å². The molecule has 2 nitrogen and oxygen atoms in total. The van der Waals surface area contributed by atoms with Gasteiger partial charge in [-0.1, -0.05) is 0 Å². The van der Waals surface area contributed by atoms with E-state index in [9.17, 15) is 0 Å².